The molecule has 1 amide bonds. The number of nitrogens with zero attached hydrogens (tertiary/aromatic N) is 3. The largest absolute Gasteiger partial charge is 0.455 e. The minimum Gasteiger partial charge on any atom is -0.455 e. The fraction of sp³-hybridized carbons (Fsp3) is 0.562. The number of aromatic amines is 1. The molecule has 1 aliphatic rings. The number of amides is 1. The molecule has 0 aliphatic carbocycles. The number of furan rings is 1. The van der Waals surface area contributed by atoms with Gasteiger partial charge in [-0.3, -0.25) is 9.89 Å². The molecule has 3 heterocycles. The summed E-state index contributed by atoms with van der Waals surface area (Å²) in [6, 6.07) is 1.31. The lowest BCUT2D eigenvalue weighted by molar-refractivity contribution is 0.0925. The third-order valence-electron chi connectivity index (χ3n) is 4.57. The van der Waals surface area contributed by atoms with Crippen molar-refractivity contribution >= 4 is 28.1 Å². The van der Waals surface area contributed by atoms with Gasteiger partial charge >= 0.3 is 0 Å². The van der Waals surface area contributed by atoms with E-state index >= 15 is 0 Å². The average molecular weight is 414 g/mol. The summed E-state index contributed by atoms with van der Waals surface area (Å²) in [5.74, 6) is 0.493. The Balaban J connectivity index is 1.66. The van der Waals surface area contributed by atoms with E-state index in [1.165, 1.54) is 10.4 Å². The fourth-order valence-corrected chi connectivity index (χ4v) is 5.10. The van der Waals surface area contributed by atoms with Gasteiger partial charge in [0.05, 0.1) is 0 Å². The lowest BCUT2D eigenvalue weighted by Crippen LogP contribution is -2.28. The first kappa shape index (κ1) is 19.8. The van der Waals surface area contributed by atoms with Crippen molar-refractivity contribution < 1.29 is 17.6 Å². The summed E-state index contributed by atoms with van der Waals surface area (Å²) < 4.78 is 34.6. The first-order chi connectivity index (χ1) is 12.8. The molecular weight excluding hydrogens is 390 g/mol. The van der Waals surface area contributed by atoms with Crippen LogP contribution in [0.3, 0.4) is 0 Å². The molecule has 2 N–H and O–H groups in total. The van der Waals surface area contributed by atoms with Crippen molar-refractivity contribution in [3.8, 4) is 0 Å². The molecule has 0 unspecified atom stereocenters. The highest BCUT2D eigenvalue weighted by Gasteiger charge is 2.31. The van der Waals surface area contributed by atoms with Gasteiger partial charge in [0.25, 0.3) is 5.91 Å². The van der Waals surface area contributed by atoms with Crippen molar-refractivity contribution in [2.24, 2.45) is 0 Å². The highest BCUT2D eigenvalue weighted by atomic mass is 32.2. The lowest BCUT2D eigenvalue weighted by atomic mass is 10.3. The minimum atomic E-state index is -3.62. The van der Waals surface area contributed by atoms with Crippen LogP contribution in [-0.2, 0) is 23.0 Å². The molecule has 1 fully saturated rings. The van der Waals surface area contributed by atoms with E-state index in [1.807, 2.05) is 11.5 Å². The molecule has 9 nitrogen and oxygen atoms in total. The summed E-state index contributed by atoms with van der Waals surface area (Å²) in [6.45, 7) is 5.53. The molecule has 2 aromatic heterocycles. The van der Waals surface area contributed by atoms with E-state index in [0.29, 0.717) is 37.4 Å². The van der Waals surface area contributed by atoms with Crippen molar-refractivity contribution in [1.29, 1.82) is 0 Å². The maximum Gasteiger partial charge on any atom is 0.287 e. The quantitative estimate of drug-likeness (QED) is 0.667. The van der Waals surface area contributed by atoms with Gasteiger partial charge in [0.15, 0.2) is 10.5 Å². The zero-order valence-corrected chi connectivity index (χ0v) is 17.0. The van der Waals surface area contributed by atoms with Gasteiger partial charge in [0.2, 0.25) is 10.0 Å². The molecule has 1 aliphatic heterocycles. The Morgan fingerprint density at radius 1 is 1.41 bits per heavy atom. The van der Waals surface area contributed by atoms with E-state index in [1.54, 1.807) is 6.92 Å². The molecule has 11 heteroatoms. The second kappa shape index (κ2) is 7.95. The number of carbonyl (C=O) groups is 1. The van der Waals surface area contributed by atoms with E-state index < -0.39 is 15.9 Å². The highest BCUT2D eigenvalue weighted by Crippen LogP contribution is 2.26. The zero-order valence-electron chi connectivity index (χ0n) is 15.3. The van der Waals surface area contributed by atoms with Crippen molar-refractivity contribution in [3.63, 3.8) is 0 Å². The maximum absolute atomic E-state index is 12.7. The third kappa shape index (κ3) is 3.99. The predicted molar refractivity (Wildman–Crippen MR) is 101 cm³/mol. The normalized spacial score (nSPS) is 15.3. The first-order valence-electron chi connectivity index (χ1n) is 8.87. The van der Waals surface area contributed by atoms with Crippen LogP contribution in [0, 0.1) is 11.7 Å². The molecule has 0 radical (unpaired) electrons. The molecule has 0 atom stereocenters. The standard InChI is InChI=1S/C16H23N5O4S2/c1-3-21-14(18-19-16(21)26)6-7-17-15(22)12-10-13(11(2)25-12)27(23,24)20-8-4-5-9-20/h10H,3-9H2,1-2H3,(H,17,22)(H,19,26). The first-order valence-corrected chi connectivity index (χ1v) is 10.7. The predicted octanol–water partition coefficient (Wildman–Crippen LogP) is 1.62. The van der Waals surface area contributed by atoms with Crippen LogP contribution in [-0.4, -0.2) is 53.0 Å². The van der Waals surface area contributed by atoms with E-state index in [0.717, 1.165) is 18.7 Å². The van der Waals surface area contributed by atoms with Crippen molar-refractivity contribution in [1.82, 2.24) is 24.4 Å². The van der Waals surface area contributed by atoms with Gasteiger partial charge in [0, 0.05) is 38.7 Å². The zero-order chi connectivity index (χ0) is 19.6. The number of nitrogens with one attached hydrogen (secondary N) is 2. The Kier molecular flexibility index (Phi) is 5.82. The number of H-pyrrole nitrogens is 1. The van der Waals surface area contributed by atoms with Gasteiger partial charge in [-0.05, 0) is 38.9 Å². The number of sulfonamides is 1. The number of rotatable bonds is 7. The monoisotopic (exact) mass is 413 g/mol. The Morgan fingerprint density at radius 3 is 2.78 bits per heavy atom. The molecule has 0 spiro atoms. The lowest BCUT2D eigenvalue weighted by Gasteiger charge is -2.14. The topological polar surface area (TPSA) is 113 Å². The molecule has 0 saturated carbocycles. The van der Waals surface area contributed by atoms with E-state index in [4.69, 9.17) is 16.6 Å². The molecule has 3 rings (SSSR count). The van der Waals surface area contributed by atoms with E-state index in [-0.39, 0.29) is 16.4 Å². The maximum atomic E-state index is 12.7. The number of hydrogen-bond donors (Lipinski definition) is 2. The molecule has 0 aromatic carbocycles. The second-order valence-corrected chi connectivity index (χ2v) is 8.63. The van der Waals surface area contributed by atoms with Gasteiger partial charge < -0.3 is 14.3 Å². The van der Waals surface area contributed by atoms with Crippen LogP contribution < -0.4 is 5.32 Å². The van der Waals surface area contributed by atoms with Crippen LogP contribution in [0.25, 0.3) is 0 Å². The number of aromatic nitrogens is 3. The van der Waals surface area contributed by atoms with Crippen molar-refractivity contribution in [2.45, 2.75) is 44.6 Å². The summed E-state index contributed by atoms with van der Waals surface area (Å²) in [4.78, 5) is 12.4. The fourth-order valence-electron chi connectivity index (χ4n) is 3.14. The van der Waals surface area contributed by atoms with Gasteiger partial charge in [-0.2, -0.15) is 9.40 Å². The summed E-state index contributed by atoms with van der Waals surface area (Å²) >= 11 is 5.13. The summed E-state index contributed by atoms with van der Waals surface area (Å²) in [6.07, 6.45) is 2.19. The average Bonchev–Trinajstić information content (AvgIpc) is 3.35. The van der Waals surface area contributed by atoms with E-state index in [2.05, 4.69) is 15.5 Å². The molecular formula is C16H23N5O4S2. The van der Waals surface area contributed by atoms with Crippen molar-refractivity contribution in [3.05, 3.63) is 28.2 Å². The minimum absolute atomic E-state index is 0.0142. The highest BCUT2D eigenvalue weighted by molar-refractivity contribution is 7.89. The Morgan fingerprint density at radius 2 is 2.11 bits per heavy atom. The molecule has 0 bridgehead atoms. The Bertz CT molecular complexity index is 983. The van der Waals surface area contributed by atoms with Gasteiger partial charge in [-0.25, -0.2) is 8.42 Å². The van der Waals surface area contributed by atoms with Crippen LogP contribution >= 0.6 is 12.2 Å². The second-order valence-electron chi connectivity index (χ2n) is 6.34. The summed E-state index contributed by atoms with van der Waals surface area (Å²) in [5, 5.41) is 9.59. The van der Waals surface area contributed by atoms with Crippen molar-refractivity contribution in [2.75, 3.05) is 19.6 Å². The van der Waals surface area contributed by atoms with Crippen LogP contribution in [0.5, 0.6) is 0 Å². The molecule has 2 aromatic rings. The number of carbonyl (C=O) groups excluding carboxylic acids is 1. The number of aryl methyl sites for hydroxylation is 1. The SMILES string of the molecule is CCn1c(CCNC(=O)c2cc(S(=O)(=O)N3CCCC3)c(C)o2)n[nH]c1=S. The van der Waals surface area contributed by atoms with E-state index in [9.17, 15) is 13.2 Å². The Labute approximate surface area is 162 Å². The Hall–Kier alpha value is -1.98. The molecule has 148 valence electrons. The van der Waals surface area contributed by atoms with Gasteiger partial charge in [0.1, 0.15) is 16.5 Å². The number of hydrogen-bond acceptors (Lipinski definition) is 6. The smallest absolute Gasteiger partial charge is 0.287 e. The molecule has 27 heavy (non-hydrogen) atoms. The van der Waals surface area contributed by atoms with Gasteiger partial charge in [-0.15, -0.1) is 0 Å². The van der Waals surface area contributed by atoms with Crippen LogP contribution in [0.1, 0.15) is 41.9 Å². The van der Waals surface area contributed by atoms with Crippen LogP contribution in [0.2, 0.25) is 0 Å². The van der Waals surface area contributed by atoms with Gasteiger partial charge in [-0.1, -0.05) is 0 Å². The third-order valence-corrected chi connectivity index (χ3v) is 6.88. The summed E-state index contributed by atoms with van der Waals surface area (Å²) in [7, 11) is -3.62. The van der Waals surface area contributed by atoms with Crippen LogP contribution in [0.15, 0.2) is 15.4 Å². The summed E-state index contributed by atoms with van der Waals surface area (Å²) in [5.41, 5.74) is 0. The van der Waals surface area contributed by atoms with Crippen LogP contribution in [0.4, 0.5) is 0 Å². The molecule has 1 saturated heterocycles.